The second kappa shape index (κ2) is 12.5. The van der Waals surface area contributed by atoms with E-state index in [0.29, 0.717) is 16.6 Å². The molecular formula is C25H27ClFN3O. The normalized spacial score (nSPS) is 9.74. The average Bonchev–Trinajstić information content (AvgIpc) is 2.81. The van der Waals surface area contributed by atoms with Crippen molar-refractivity contribution in [2.24, 2.45) is 0 Å². The number of aromatic nitrogens is 2. The van der Waals surface area contributed by atoms with Crippen LogP contribution in [0.2, 0.25) is 5.02 Å². The zero-order valence-electron chi connectivity index (χ0n) is 18.2. The second-order valence-electron chi connectivity index (χ2n) is 5.93. The van der Waals surface area contributed by atoms with Crippen LogP contribution in [0.25, 0.3) is 10.9 Å². The van der Waals surface area contributed by atoms with Crippen molar-refractivity contribution in [3.05, 3.63) is 89.5 Å². The van der Waals surface area contributed by atoms with E-state index in [0.717, 1.165) is 22.2 Å². The van der Waals surface area contributed by atoms with Gasteiger partial charge in [0.2, 0.25) is 0 Å². The van der Waals surface area contributed by atoms with Gasteiger partial charge in [-0.15, -0.1) is 0 Å². The van der Waals surface area contributed by atoms with E-state index in [4.69, 9.17) is 16.3 Å². The summed E-state index contributed by atoms with van der Waals surface area (Å²) in [5, 5.41) is 4.63. The molecule has 0 aliphatic carbocycles. The predicted octanol–water partition coefficient (Wildman–Crippen LogP) is 7.80. The van der Waals surface area contributed by atoms with Crippen LogP contribution < -0.4 is 10.1 Å². The van der Waals surface area contributed by atoms with Crippen LogP contribution in [-0.2, 0) is 6.61 Å². The first kappa shape index (κ1) is 24.1. The number of nitrogens with zero attached hydrogens (tertiary/aromatic N) is 2. The Bertz CT molecular complexity index is 1100. The zero-order valence-corrected chi connectivity index (χ0v) is 18.9. The molecule has 0 saturated carbocycles. The minimum absolute atomic E-state index is 0.237. The fourth-order valence-corrected chi connectivity index (χ4v) is 2.96. The van der Waals surface area contributed by atoms with Gasteiger partial charge in [-0.1, -0.05) is 63.6 Å². The molecule has 6 heteroatoms. The molecule has 0 aliphatic heterocycles. The molecule has 0 aliphatic rings. The molecule has 3 aromatic carbocycles. The highest BCUT2D eigenvalue weighted by Gasteiger charge is 2.07. The number of anilines is 2. The largest absolute Gasteiger partial charge is 0.487 e. The molecule has 1 aromatic heterocycles. The fourth-order valence-electron chi connectivity index (χ4n) is 2.72. The zero-order chi connectivity index (χ0) is 22.6. The first-order valence-electron chi connectivity index (χ1n) is 10.3. The third kappa shape index (κ3) is 6.66. The molecule has 0 bridgehead atoms. The van der Waals surface area contributed by atoms with Gasteiger partial charge in [0.05, 0.1) is 10.5 Å². The summed E-state index contributed by atoms with van der Waals surface area (Å²) in [7, 11) is 0. The Kier molecular flexibility index (Phi) is 9.72. The number of fused-ring (bicyclic) bond motifs is 1. The van der Waals surface area contributed by atoms with Gasteiger partial charge in [0.1, 0.15) is 30.3 Å². The highest BCUT2D eigenvalue weighted by molar-refractivity contribution is 6.32. The molecule has 31 heavy (non-hydrogen) atoms. The maximum atomic E-state index is 13.2. The molecule has 4 nitrogen and oxygen atoms in total. The Balaban J connectivity index is 0.000000807. The van der Waals surface area contributed by atoms with Gasteiger partial charge in [0.15, 0.2) is 0 Å². The van der Waals surface area contributed by atoms with Crippen LogP contribution in [0.15, 0.2) is 73.1 Å². The predicted molar refractivity (Wildman–Crippen MR) is 128 cm³/mol. The lowest BCUT2D eigenvalue weighted by molar-refractivity contribution is 0.306. The van der Waals surface area contributed by atoms with Gasteiger partial charge in [0.25, 0.3) is 0 Å². The van der Waals surface area contributed by atoms with Gasteiger partial charge < -0.3 is 10.1 Å². The van der Waals surface area contributed by atoms with Crippen LogP contribution in [0, 0.1) is 5.82 Å². The van der Waals surface area contributed by atoms with Crippen molar-refractivity contribution >= 4 is 34.0 Å². The third-order valence-corrected chi connectivity index (χ3v) is 4.32. The van der Waals surface area contributed by atoms with Crippen molar-refractivity contribution in [2.75, 3.05) is 5.32 Å². The number of halogens is 2. The molecule has 0 saturated heterocycles. The highest BCUT2D eigenvalue weighted by Crippen LogP contribution is 2.30. The van der Waals surface area contributed by atoms with Crippen LogP contribution in [0.4, 0.5) is 15.9 Å². The topological polar surface area (TPSA) is 47.0 Å². The minimum atomic E-state index is -0.293. The van der Waals surface area contributed by atoms with Crippen molar-refractivity contribution in [3.63, 3.8) is 0 Å². The van der Waals surface area contributed by atoms with E-state index in [1.807, 2.05) is 58.0 Å². The van der Waals surface area contributed by atoms with Crippen molar-refractivity contribution in [3.8, 4) is 5.75 Å². The minimum Gasteiger partial charge on any atom is -0.487 e. The van der Waals surface area contributed by atoms with Crippen molar-refractivity contribution < 1.29 is 9.13 Å². The molecule has 0 atom stereocenters. The summed E-state index contributed by atoms with van der Waals surface area (Å²) in [5.74, 6) is 0.933. The third-order valence-electron chi connectivity index (χ3n) is 4.02. The number of ether oxygens (including phenoxy) is 1. The Hall–Kier alpha value is -3.18. The lowest BCUT2D eigenvalue weighted by Crippen LogP contribution is -1.98. The smallest absolute Gasteiger partial charge is 0.141 e. The molecule has 0 radical (unpaired) electrons. The highest BCUT2D eigenvalue weighted by atomic mass is 35.5. The van der Waals surface area contributed by atoms with Gasteiger partial charge in [-0.05, 0) is 48.0 Å². The fraction of sp³-hybridized carbons (Fsp3) is 0.200. The SMILES string of the molecule is CC.CC.Fc1cccc(COc2ccc(Nc3ncnc4ccccc34)cc2Cl)c1. The van der Waals surface area contributed by atoms with Crippen LogP contribution in [-0.4, -0.2) is 9.97 Å². The molecule has 1 heterocycles. The van der Waals surface area contributed by atoms with Gasteiger partial charge in [0, 0.05) is 11.1 Å². The second-order valence-corrected chi connectivity index (χ2v) is 6.34. The quantitative estimate of drug-likeness (QED) is 0.344. The first-order chi connectivity index (χ1) is 15.2. The van der Waals surface area contributed by atoms with Crippen LogP contribution in [0.1, 0.15) is 33.3 Å². The van der Waals surface area contributed by atoms with Gasteiger partial charge >= 0.3 is 0 Å². The van der Waals surface area contributed by atoms with E-state index in [-0.39, 0.29) is 12.4 Å². The van der Waals surface area contributed by atoms with Crippen LogP contribution in [0.3, 0.4) is 0 Å². The molecule has 4 rings (SSSR count). The van der Waals surface area contributed by atoms with Crippen molar-refractivity contribution in [1.82, 2.24) is 9.97 Å². The van der Waals surface area contributed by atoms with Crippen molar-refractivity contribution in [1.29, 1.82) is 0 Å². The summed E-state index contributed by atoms with van der Waals surface area (Å²) >= 11 is 6.34. The van der Waals surface area contributed by atoms with Gasteiger partial charge in [-0.25, -0.2) is 14.4 Å². The van der Waals surface area contributed by atoms with E-state index >= 15 is 0 Å². The summed E-state index contributed by atoms with van der Waals surface area (Å²) in [6.07, 6.45) is 1.52. The number of hydrogen-bond acceptors (Lipinski definition) is 4. The monoisotopic (exact) mass is 439 g/mol. The molecule has 1 N–H and O–H groups in total. The summed E-state index contributed by atoms with van der Waals surface area (Å²) in [4.78, 5) is 8.56. The molecule has 162 valence electrons. The Morgan fingerprint density at radius 2 is 1.68 bits per heavy atom. The Labute approximate surface area is 188 Å². The number of rotatable bonds is 5. The molecule has 0 amide bonds. The molecule has 0 spiro atoms. The summed E-state index contributed by atoms with van der Waals surface area (Å²) in [6, 6.07) is 19.4. The summed E-state index contributed by atoms with van der Waals surface area (Å²) < 4.78 is 18.9. The first-order valence-corrected chi connectivity index (χ1v) is 10.7. The van der Waals surface area contributed by atoms with E-state index in [1.54, 1.807) is 24.3 Å². The van der Waals surface area contributed by atoms with E-state index in [2.05, 4.69) is 15.3 Å². The lowest BCUT2D eigenvalue weighted by Gasteiger charge is -2.12. The number of para-hydroxylation sites is 1. The van der Waals surface area contributed by atoms with Crippen LogP contribution in [0.5, 0.6) is 5.75 Å². The standard InChI is InChI=1S/C21H15ClFN3O.2C2H6/c22-18-11-16(26-21-17-6-1-2-7-19(17)24-13-25-21)8-9-20(18)27-12-14-4-3-5-15(23)10-14;2*1-2/h1-11,13H,12H2,(H,24,25,26);2*1-2H3. The summed E-state index contributed by atoms with van der Waals surface area (Å²) in [5.41, 5.74) is 2.37. The molecule has 0 fully saturated rings. The van der Waals surface area contributed by atoms with Crippen LogP contribution >= 0.6 is 11.6 Å². The maximum absolute atomic E-state index is 13.2. The molecular weight excluding hydrogens is 413 g/mol. The molecule has 4 aromatic rings. The average molecular weight is 440 g/mol. The van der Waals surface area contributed by atoms with Crippen molar-refractivity contribution in [2.45, 2.75) is 34.3 Å². The lowest BCUT2D eigenvalue weighted by atomic mass is 10.2. The van der Waals surface area contributed by atoms with E-state index in [9.17, 15) is 4.39 Å². The van der Waals surface area contributed by atoms with Gasteiger partial charge in [-0.2, -0.15) is 0 Å². The number of hydrogen-bond donors (Lipinski definition) is 1. The maximum Gasteiger partial charge on any atom is 0.141 e. The van der Waals surface area contributed by atoms with E-state index < -0.39 is 0 Å². The molecule has 0 unspecified atom stereocenters. The van der Waals surface area contributed by atoms with E-state index in [1.165, 1.54) is 18.5 Å². The Morgan fingerprint density at radius 3 is 2.42 bits per heavy atom. The number of nitrogens with one attached hydrogen (secondary N) is 1. The summed E-state index contributed by atoms with van der Waals surface area (Å²) in [6.45, 7) is 8.24. The number of benzene rings is 3. The van der Waals surface area contributed by atoms with Gasteiger partial charge in [-0.3, -0.25) is 0 Å². The Morgan fingerprint density at radius 1 is 0.903 bits per heavy atom.